The third kappa shape index (κ3) is 4.08. The van der Waals surface area contributed by atoms with Crippen molar-refractivity contribution >= 4 is 18.1 Å². The Balaban J connectivity index is 0.00000216. The van der Waals surface area contributed by atoms with Gasteiger partial charge in [-0.05, 0) is 75.0 Å². The highest BCUT2D eigenvalue weighted by Crippen LogP contribution is 2.54. The van der Waals surface area contributed by atoms with Crippen LogP contribution in [0.1, 0.15) is 61.5 Å². The quantitative estimate of drug-likeness (QED) is 0.753. The maximum Gasteiger partial charge on any atom is 0.254 e. The van der Waals surface area contributed by atoms with Crippen LogP contribution in [0, 0.1) is 11.2 Å². The van der Waals surface area contributed by atoms with E-state index in [2.05, 4.69) is 14.8 Å². The number of benzene rings is 1. The SMILES string of the molecule is Cl.O=c1[nH]c([C@H]2CC[C@@H](N3CCN(c4cccc(F)c4)CC3)C2)nc2c1CC1(CC2)CC1. The van der Waals surface area contributed by atoms with E-state index in [1.54, 1.807) is 12.1 Å². The molecule has 1 saturated heterocycles. The summed E-state index contributed by atoms with van der Waals surface area (Å²) < 4.78 is 13.6. The molecular formula is C25H32ClFN4O. The fourth-order valence-corrected chi connectivity index (χ4v) is 6.15. The van der Waals surface area contributed by atoms with Crippen LogP contribution >= 0.6 is 12.4 Å². The third-order valence-electron chi connectivity index (χ3n) is 8.32. The number of H-pyrrole nitrogens is 1. The summed E-state index contributed by atoms with van der Waals surface area (Å²) in [4.78, 5) is 25.8. The molecule has 4 aliphatic rings. The molecule has 1 aromatic carbocycles. The van der Waals surface area contributed by atoms with Crippen molar-refractivity contribution in [1.82, 2.24) is 14.9 Å². The Bertz CT molecular complexity index is 1040. The number of aryl methyl sites for hydroxylation is 1. The van der Waals surface area contributed by atoms with E-state index in [0.29, 0.717) is 17.4 Å². The Morgan fingerprint density at radius 2 is 1.91 bits per heavy atom. The fourth-order valence-electron chi connectivity index (χ4n) is 6.15. The lowest BCUT2D eigenvalue weighted by molar-refractivity contribution is 0.186. The number of hydrogen-bond donors (Lipinski definition) is 1. The molecule has 0 unspecified atom stereocenters. The summed E-state index contributed by atoms with van der Waals surface area (Å²) in [6.45, 7) is 3.87. The Morgan fingerprint density at radius 1 is 1.09 bits per heavy atom. The fraction of sp³-hybridized carbons (Fsp3) is 0.600. The van der Waals surface area contributed by atoms with E-state index in [1.807, 2.05) is 6.07 Å². The molecule has 2 heterocycles. The maximum absolute atomic E-state index is 13.6. The molecule has 32 heavy (non-hydrogen) atoms. The molecule has 1 aromatic heterocycles. The van der Waals surface area contributed by atoms with Gasteiger partial charge < -0.3 is 9.88 Å². The van der Waals surface area contributed by atoms with Gasteiger partial charge in [0.25, 0.3) is 5.56 Å². The van der Waals surface area contributed by atoms with Gasteiger partial charge in [0.15, 0.2) is 0 Å². The lowest BCUT2D eigenvalue weighted by Crippen LogP contribution is -2.49. The van der Waals surface area contributed by atoms with E-state index in [1.165, 1.54) is 25.3 Å². The molecule has 1 aliphatic heterocycles. The van der Waals surface area contributed by atoms with E-state index in [0.717, 1.165) is 81.1 Å². The van der Waals surface area contributed by atoms with Crippen molar-refractivity contribution in [3.05, 3.63) is 57.5 Å². The Hall–Kier alpha value is -1.92. The number of aromatic amines is 1. The van der Waals surface area contributed by atoms with Crippen LogP contribution in [0.25, 0.3) is 0 Å². The van der Waals surface area contributed by atoms with Gasteiger partial charge in [-0.25, -0.2) is 9.37 Å². The van der Waals surface area contributed by atoms with Crippen LogP contribution in [0.5, 0.6) is 0 Å². The highest BCUT2D eigenvalue weighted by atomic mass is 35.5. The number of nitrogens with one attached hydrogen (secondary N) is 1. The molecule has 172 valence electrons. The second-order valence-electron chi connectivity index (χ2n) is 10.2. The Kier molecular flexibility index (Phi) is 5.79. The first-order chi connectivity index (χ1) is 15.1. The number of hydrogen-bond acceptors (Lipinski definition) is 4. The summed E-state index contributed by atoms with van der Waals surface area (Å²) in [5.74, 6) is 1.12. The monoisotopic (exact) mass is 458 g/mol. The number of nitrogens with zero attached hydrogens (tertiary/aromatic N) is 3. The molecule has 0 radical (unpaired) electrons. The van der Waals surface area contributed by atoms with Crippen molar-refractivity contribution in [2.75, 3.05) is 31.1 Å². The smallest absolute Gasteiger partial charge is 0.254 e. The third-order valence-corrected chi connectivity index (χ3v) is 8.32. The highest BCUT2D eigenvalue weighted by molar-refractivity contribution is 5.85. The summed E-state index contributed by atoms with van der Waals surface area (Å²) in [5, 5.41) is 0. The van der Waals surface area contributed by atoms with Gasteiger partial charge in [-0.15, -0.1) is 12.4 Å². The zero-order chi connectivity index (χ0) is 21.0. The van der Waals surface area contributed by atoms with Crippen LogP contribution in [0.3, 0.4) is 0 Å². The van der Waals surface area contributed by atoms with E-state index < -0.39 is 0 Å². The first-order valence-electron chi connectivity index (χ1n) is 12.0. The van der Waals surface area contributed by atoms with E-state index in [9.17, 15) is 9.18 Å². The van der Waals surface area contributed by atoms with Gasteiger partial charge in [0.1, 0.15) is 11.6 Å². The number of anilines is 1. The molecule has 3 fully saturated rings. The van der Waals surface area contributed by atoms with Gasteiger partial charge >= 0.3 is 0 Å². The van der Waals surface area contributed by atoms with Crippen molar-refractivity contribution in [2.45, 2.75) is 63.3 Å². The van der Waals surface area contributed by atoms with Crippen LogP contribution < -0.4 is 10.5 Å². The van der Waals surface area contributed by atoms with E-state index >= 15 is 0 Å². The predicted molar refractivity (Wildman–Crippen MR) is 126 cm³/mol. The van der Waals surface area contributed by atoms with Gasteiger partial charge in [0, 0.05) is 49.4 Å². The standard InChI is InChI=1S/C25H31FN4O.ClH/c26-18-2-1-3-19(15-18)29-10-12-30(13-11-29)20-5-4-17(14-20)23-27-22-6-7-25(8-9-25)16-21(22)24(31)28-23;/h1-3,15,17,20H,4-14,16H2,(H,27,28,31);1H/t17-,20+;/m0./s1. The van der Waals surface area contributed by atoms with Gasteiger partial charge in [-0.2, -0.15) is 0 Å². The molecule has 2 saturated carbocycles. The molecule has 3 aliphatic carbocycles. The van der Waals surface area contributed by atoms with Gasteiger partial charge in [0.2, 0.25) is 0 Å². The summed E-state index contributed by atoms with van der Waals surface area (Å²) in [6.07, 6.45) is 9.02. The number of rotatable bonds is 3. The normalized spacial score (nSPS) is 26.6. The Labute approximate surface area is 194 Å². The summed E-state index contributed by atoms with van der Waals surface area (Å²) in [7, 11) is 0. The minimum atomic E-state index is -0.169. The first-order valence-corrected chi connectivity index (χ1v) is 12.0. The van der Waals surface area contributed by atoms with E-state index in [-0.39, 0.29) is 23.8 Å². The van der Waals surface area contributed by atoms with Crippen molar-refractivity contribution in [3.63, 3.8) is 0 Å². The lowest BCUT2D eigenvalue weighted by Gasteiger charge is -2.39. The molecule has 2 atom stereocenters. The molecular weight excluding hydrogens is 427 g/mol. The number of aromatic nitrogens is 2. The molecule has 6 rings (SSSR count). The molecule has 0 bridgehead atoms. The van der Waals surface area contributed by atoms with Gasteiger partial charge in [0.05, 0.1) is 5.69 Å². The van der Waals surface area contributed by atoms with Crippen molar-refractivity contribution in [1.29, 1.82) is 0 Å². The first kappa shape index (κ1) is 21.9. The largest absolute Gasteiger partial charge is 0.369 e. The number of piperazine rings is 1. The predicted octanol–water partition coefficient (Wildman–Crippen LogP) is 4.06. The molecule has 1 spiro atoms. The molecule has 5 nitrogen and oxygen atoms in total. The van der Waals surface area contributed by atoms with Gasteiger partial charge in [-0.1, -0.05) is 6.07 Å². The number of halogens is 2. The maximum atomic E-state index is 13.6. The average Bonchev–Trinajstić information content (AvgIpc) is 3.34. The molecule has 1 N–H and O–H groups in total. The van der Waals surface area contributed by atoms with E-state index in [4.69, 9.17) is 4.98 Å². The van der Waals surface area contributed by atoms with Crippen molar-refractivity contribution < 1.29 is 4.39 Å². The van der Waals surface area contributed by atoms with Crippen LogP contribution in [0.15, 0.2) is 29.1 Å². The topological polar surface area (TPSA) is 52.2 Å². The van der Waals surface area contributed by atoms with Gasteiger partial charge in [-0.3, -0.25) is 9.69 Å². The zero-order valence-electron chi connectivity index (χ0n) is 18.5. The van der Waals surface area contributed by atoms with Crippen LogP contribution in [0.4, 0.5) is 10.1 Å². The Morgan fingerprint density at radius 3 is 2.66 bits per heavy atom. The lowest BCUT2D eigenvalue weighted by atomic mass is 9.84. The van der Waals surface area contributed by atoms with Crippen molar-refractivity contribution in [2.24, 2.45) is 5.41 Å². The average molecular weight is 459 g/mol. The minimum Gasteiger partial charge on any atom is -0.369 e. The molecule has 0 amide bonds. The van der Waals surface area contributed by atoms with Crippen molar-refractivity contribution in [3.8, 4) is 0 Å². The van der Waals surface area contributed by atoms with Crippen LogP contribution in [-0.2, 0) is 12.8 Å². The zero-order valence-corrected chi connectivity index (χ0v) is 19.3. The number of fused-ring (bicyclic) bond motifs is 1. The summed E-state index contributed by atoms with van der Waals surface area (Å²) in [5.41, 5.74) is 3.58. The summed E-state index contributed by atoms with van der Waals surface area (Å²) in [6, 6.07) is 7.46. The van der Waals surface area contributed by atoms with Crippen LogP contribution in [-0.4, -0.2) is 47.1 Å². The molecule has 7 heteroatoms. The minimum absolute atomic E-state index is 0. The second kappa shape index (κ2) is 8.45. The highest BCUT2D eigenvalue weighted by Gasteiger charge is 2.46. The second-order valence-corrected chi connectivity index (χ2v) is 10.2. The van der Waals surface area contributed by atoms with Crippen LogP contribution in [0.2, 0.25) is 0 Å². The molecule has 2 aromatic rings. The summed E-state index contributed by atoms with van der Waals surface area (Å²) >= 11 is 0.